The summed E-state index contributed by atoms with van der Waals surface area (Å²) in [6, 6.07) is 5.45. The number of amides is 1. The summed E-state index contributed by atoms with van der Waals surface area (Å²) >= 11 is 6.36. The number of aromatic nitrogens is 2. The fourth-order valence-electron chi connectivity index (χ4n) is 2.69. The Hall–Kier alpha value is -2.08. The van der Waals surface area contributed by atoms with Crippen molar-refractivity contribution in [2.75, 3.05) is 16.8 Å². The van der Waals surface area contributed by atoms with Crippen molar-refractivity contribution in [1.82, 2.24) is 10.1 Å². The fourth-order valence-corrected chi connectivity index (χ4v) is 2.97. The molecule has 1 atom stereocenters. The quantitative estimate of drug-likeness (QED) is 0.878. The highest BCUT2D eigenvalue weighted by Crippen LogP contribution is 2.32. The van der Waals surface area contributed by atoms with Gasteiger partial charge in [0.25, 0.3) is 0 Å². The summed E-state index contributed by atoms with van der Waals surface area (Å²) in [7, 11) is 0. The molecule has 2 heterocycles. The smallest absolute Gasteiger partial charge is 0.248 e. The average molecular weight is 349 g/mol. The lowest BCUT2D eigenvalue weighted by Crippen LogP contribution is -2.24. The summed E-state index contributed by atoms with van der Waals surface area (Å²) < 4.78 is 5.30. The van der Waals surface area contributed by atoms with Crippen LogP contribution >= 0.6 is 11.6 Å². The second-order valence-electron chi connectivity index (χ2n) is 6.33. The minimum Gasteiger partial charge on any atom is -0.374 e. The molecule has 1 aliphatic heterocycles. The molecule has 0 unspecified atom stereocenters. The minimum absolute atomic E-state index is 0.123. The lowest BCUT2D eigenvalue weighted by atomic mass is 10.2. The highest BCUT2D eigenvalue weighted by molar-refractivity contribution is 6.34. The number of carbonyl (C=O) groups excluding carboxylic acids is 1. The molecule has 7 heteroatoms. The van der Waals surface area contributed by atoms with Gasteiger partial charge in [-0.1, -0.05) is 30.6 Å². The van der Waals surface area contributed by atoms with Crippen LogP contribution in [-0.2, 0) is 4.79 Å². The Morgan fingerprint density at radius 1 is 1.33 bits per heavy atom. The molecule has 1 fully saturated rings. The highest BCUT2D eigenvalue weighted by atomic mass is 35.5. The number of rotatable bonds is 5. The Balaban J connectivity index is 1.73. The highest BCUT2D eigenvalue weighted by Gasteiger charge is 2.24. The molecule has 1 amide bonds. The number of carbonyl (C=O) groups is 1. The topological polar surface area (TPSA) is 71.3 Å². The van der Waals surface area contributed by atoms with Crippen LogP contribution in [0.2, 0.25) is 5.02 Å². The molecule has 128 valence electrons. The summed E-state index contributed by atoms with van der Waals surface area (Å²) in [5.41, 5.74) is 1.60. The Morgan fingerprint density at radius 3 is 2.71 bits per heavy atom. The fraction of sp³-hybridized carbons (Fsp3) is 0.471. The zero-order chi connectivity index (χ0) is 17.3. The third kappa shape index (κ3) is 3.38. The van der Waals surface area contributed by atoms with Crippen LogP contribution in [0, 0.1) is 0 Å². The van der Waals surface area contributed by atoms with Crippen LogP contribution in [-0.4, -0.2) is 22.6 Å². The van der Waals surface area contributed by atoms with E-state index in [9.17, 15) is 4.79 Å². The van der Waals surface area contributed by atoms with Gasteiger partial charge in [0.2, 0.25) is 11.8 Å². The van der Waals surface area contributed by atoms with Gasteiger partial charge in [0.15, 0.2) is 5.82 Å². The van der Waals surface area contributed by atoms with Crippen molar-refractivity contribution >= 4 is 28.9 Å². The van der Waals surface area contributed by atoms with Crippen molar-refractivity contribution in [3.05, 3.63) is 34.9 Å². The first-order valence-electron chi connectivity index (χ1n) is 8.15. The molecule has 1 aromatic carbocycles. The van der Waals surface area contributed by atoms with Gasteiger partial charge in [0.05, 0.1) is 10.7 Å². The van der Waals surface area contributed by atoms with Gasteiger partial charge in [0, 0.05) is 24.6 Å². The Kier molecular flexibility index (Phi) is 4.76. The van der Waals surface area contributed by atoms with Crippen molar-refractivity contribution in [1.29, 1.82) is 0 Å². The van der Waals surface area contributed by atoms with E-state index in [1.807, 2.05) is 39.0 Å². The van der Waals surface area contributed by atoms with Crippen molar-refractivity contribution in [3.8, 4) is 0 Å². The number of hydrogen-bond donors (Lipinski definition) is 1. The van der Waals surface area contributed by atoms with Crippen molar-refractivity contribution in [3.63, 3.8) is 0 Å². The molecule has 2 aromatic rings. The standard InChI is InChI=1S/C17H21ClN4O2/c1-10(2)16-20-17(24-21-16)11(3)19-12-6-7-14(13(18)9-12)22-8-4-5-15(22)23/h6-7,9-11,19H,4-5,8H2,1-3H3/t11-/m1/s1. The first-order chi connectivity index (χ1) is 11.5. The van der Waals surface area contributed by atoms with E-state index in [-0.39, 0.29) is 17.9 Å². The van der Waals surface area contributed by atoms with E-state index >= 15 is 0 Å². The maximum Gasteiger partial charge on any atom is 0.248 e. The van der Waals surface area contributed by atoms with E-state index in [2.05, 4.69) is 15.5 Å². The molecule has 1 aromatic heterocycles. The number of anilines is 2. The maximum absolute atomic E-state index is 11.9. The van der Waals surface area contributed by atoms with E-state index in [0.717, 1.165) is 24.3 Å². The normalized spacial score (nSPS) is 16.0. The first kappa shape index (κ1) is 16.8. The van der Waals surface area contributed by atoms with Crippen molar-refractivity contribution in [2.45, 2.75) is 45.6 Å². The van der Waals surface area contributed by atoms with Gasteiger partial charge in [-0.25, -0.2) is 0 Å². The van der Waals surface area contributed by atoms with E-state index < -0.39 is 0 Å². The Bertz CT molecular complexity index is 744. The first-order valence-corrected chi connectivity index (χ1v) is 8.53. The molecular formula is C17H21ClN4O2. The van der Waals surface area contributed by atoms with Gasteiger partial charge >= 0.3 is 0 Å². The van der Waals surface area contributed by atoms with Crippen LogP contribution in [0.3, 0.4) is 0 Å². The lowest BCUT2D eigenvalue weighted by Gasteiger charge is -2.19. The van der Waals surface area contributed by atoms with Crippen molar-refractivity contribution < 1.29 is 9.32 Å². The summed E-state index contributed by atoms with van der Waals surface area (Å²) in [5, 5.41) is 7.82. The van der Waals surface area contributed by atoms with Crippen LogP contribution in [0.15, 0.2) is 22.7 Å². The molecule has 3 rings (SSSR count). The Labute approximate surface area is 146 Å². The molecule has 0 radical (unpaired) electrons. The SMILES string of the molecule is CC(C)c1noc([C@@H](C)Nc2ccc(N3CCCC3=O)c(Cl)c2)n1. The maximum atomic E-state index is 11.9. The second kappa shape index (κ2) is 6.81. The van der Waals surface area contributed by atoms with Crippen LogP contribution < -0.4 is 10.2 Å². The summed E-state index contributed by atoms with van der Waals surface area (Å²) in [5.74, 6) is 1.58. The van der Waals surface area contributed by atoms with E-state index in [0.29, 0.717) is 23.2 Å². The van der Waals surface area contributed by atoms with Gasteiger partial charge in [-0.05, 0) is 31.5 Å². The lowest BCUT2D eigenvalue weighted by molar-refractivity contribution is -0.117. The number of nitrogens with zero attached hydrogens (tertiary/aromatic N) is 3. The molecule has 0 spiro atoms. The van der Waals surface area contributed by atoms with Crippen LogP contribution in [0.25, 0.3) is 0 Å². The predicted molar refractivity (Wildman–Crippen MR) is 93.5 cm³/mol. The molecule has 0 aliphatic carbocycles. The van der Waals surface area contributed by atoms with Gasteiger partial charge in [-0.2, -0.15) is 4.98 Å². The van der Waals surface area contributed by atoms with Gasteiger partial charge < -0.3 is 14.7 Å². The molecule has 1 saturated heterocycles. The predicted octanol–water partition coefficient (Wildman–Crippen LogP) is 4.15. The number of halogens is 1. The summed E-state index contributed by atoms with van der Waals surface area (Å²) in [6.45, 7) is 6.71. The van der Waals surface area contributed by atoms with Gasteiger partial charge in [0.1, 0.15) is 6.04 Å². The monoisotopic (exact) mass is 348 g/mol. The molecule has 0 saturated carbocycles. The zero-order valence-corrected chi connectivity index (χ0v) is 14.8. The Morgan fingerprint density at radius 2 is 2.12 bits per heavy atom. The summed E-state index contributed by atoms with van der Waals surface area (Å²) in [6.07, 6.45) is 1.46. The minimum atomic E-state index is -0.139. The molecule has 6 nitrogen and oxygen atoms in total. The largest absolute Gasteiger partial charge is 0.374 e. The third-order valence-corrected chi connectivity index (χ3v) is 4.34. The molecule has 24 heavy (non-hydrogen) atoms. The average Bonchev–Trinajstić information content (AvgIpc) is 3.17. The number of hydrogen-bond acceptors (Lipinski definition) is 5. The third-order valence-electron chi connectivity index (χ3n) is 4.04. The van der Waals surface area contributed by atoms with Crippen molar-refractivity contribution in [2.24, 2.45) is 0 Å². The van der Waals surface area contributed by atoms with Crippen LogP contribution in [0.5, 0.6) is 0 Å². The number of benzene rings is 1. The second-order valence-corrected chi connectivity index (χ2v) is 6.73. The van der Waals surface area contributed by atoms with E-state index in [4.69, 9.17) is 16.1 Å². The summed E-state index contributed by atoms with van der Waals surface area (Å²) in [4.78, 5) is 18.0. The van der Waals surface area contributed by atoms with Crippen LogP contribution in [0.1, 0.15) is 57.3 Å². The van der Waals surface area contributed by atoms with Gasteiger partial charge in [-0.3, -0.25) is 4.79 Å². The molecule has 1 N–H and O–H groups in total. The van der Waals surface area contributed by atoms with E-state index in [1.54, 1.807) is 4.90 Å². The van der Waals surface area contributed by atoms with Crippen LogP contribution in [0.4, 0.5) is 11.4 Å². The molecular weight excluding hydrogens is 328 g/mol. The van der Waals surface area contributed by atoms with Gasteiger partial charge in [-0.15, -0.1) is 0 Å². The zero-order valence-electron chi connectivity index (χ0n) is 14.0. The number of nitrogens with one attached hydrogen (secondary N) is 1. The molecule has 1 aliphatic rings. The molecule has 0 bridgehead atoms. The van der Waals surface area contributed by atoms with E-state index in [1.165, 1.54) is 0 Å².